The maximum atomic E-state index is 5.49. The van der Waals surface area contributed by atoms with Crippen LogP contribution < -0.4 is 10.6 Å². The Labute approximate surface area is 174 Å². The first-order chi connectivity index (χ1) is 12.8. The molecule has 27 heavy (non-hydrogen) atoms. The van der Waals surface area contributed by atoms with Crippen molar-refractivity contribution in [3.63, 3.8) is 0 Å². The number of nitrogens with zero attached hydrogens (tertiary/aromatic N) is 2. The molecular weight excluding hydrogens is 420 g/mol. The summed E-state index contributed by atoms with van der Waals surface area (Å²) >= 11 is 9.07. The Morgan fingerprint density at radius 2 is 1.85 bits per heavy atom. The molecule has 0 atom stereocenters. The molecule has 0 saturated heterocycles. The highest BCUT2D eigenvalue weighted by atomic mass is 79.9. The van der Waals surface area contributed by atoms with Gasteiger partial charge >= 0.3 is 0 Å². The topological polar surface area (TPSA) is 41.9 Å². The number of nitrogens with one attached hydrogen (secondary N) is 2. The molecule has 0 aliphatic carbocycles. The van der Waals surface area contributed by atoms with Gasteiger partial charge in [0.1, 0.15) is 0 Å². The van der Waals surface area contributed by atoms with Crippen molar-refractivity contribution in [2.75, 3.05) is 10.6 Å². The van der Waals surface area contributed by atoms with Crippen molar-refractivity contribution in [1.29, 1.82) is 0 Å². The number of aryl methyl sites for hydroxylation is 3. The molecule has 0 unspecified atom stereocenters. The molecule has 1 heterocycles. The molecule has 0 aliphatic heterocycles. The van der Waals surface area contributed by atoms with Crippen molar-refractivity contribution in [2.45, 2.75) is 34.2 Å². The fraction of sp³-hybridized carbons (Fsp3) is 0.238. The molecule has 2 aromatic carbocycles. The minimum Gasteiger partial charge on any atom is -0.332 e. The van der Waals surface area contributed by atoms with Gasteiger partial charge in [0.05, 0.1) is 22.4 Å². The van der Waals surface area contributed by atoms with Crippen LogP contribution in [0.1, 0.15) is 28.1 Å². The van der Waals surface area contributed by atoms with Gasteiger partial charge in [-0.1, -0.05) is 24.3 Å². The van der Waals surface area contributed by atoms with Crippen LogP contribution in [-0.2, 0) is 6.54 Å². The van der Waals surface area contributed by atoms with Crippen molar-refractivity contribution >= 4 is 44.6 Å². The van der Waals surface area contributed by atoms with Crippen LogP contribution in [0.2, 0.25) is 0 Å². The number of rotatable bonds is 4. The lowest BCUT2D eigenvalue weighted by molar-refractivity contribution is 0.659. The number of aromatic nitrogens is 2. The summed E-state index contributed by atoms with van der Waals surface area (Å²) in [5.41, 5.74) is 7.62. The van der Waals surface area contributed by atoms with E-state index in [1.165, 1.54) is 5.56 Å². The van der Waals surface area contributed by atoms with Crippen molar-refractivity contribution in [3.8, 4) is 0 Å². The standard InChI is InChI=1S/C21H23BrN4S/c1-13-8-9-14(2)19(10-13)24-21(27)23-18-7-5-6-17(11-18)12-26-16(4)20(22)15(3)25-26/h5-11H,12H2,1-4H3,(H2,23,24,27). The van der Waals surface area contributed by atoms with E-state index in [0.29, 0.717) is 11.7 Å². The molecule has 140 valence electrons. The molecule has 4 nitrogen and oxygen atoms in total. The average molecular weight is 443 g/mol. The van der Waals surface area contributed by atoms with Gasteiger partial charge in [-0.3, -0.25) is 4.68 Å². The zero-order chi connectivity index (χ0) is 19.6. The van der Waals surface area contributed by atoms with Crippen molar-refractivity contribution < 1.29 is 0 Å². The molecule has 0 spiro atoms. The Hall–Kier alpha value is -2.18. The minimum absolute atomic E-state index is 0.578. The molecule has 0 bridgehead atoms. The van der Waals surface area contributed by atoms with Crippen LogP contribution in [-0.4, -0.2) is 14.9 Å². The summed E-state index contributed by atoms with van der Waals surface area (Å²) in [6, 6.07) is 14.5. The summed E-state index contributed by atoms with van der Waals surface area (Å²) < 4.78 is 3.07. The largest absolute Gasteiger partial charge is 0.332 e. The van der Waals surface area contributed by atoms with E-state index >= 15 is 0 Å². The molecule has 3 rings (SSSR count). The zero-order valence-electron chi connectivity index (χ0n) is 15.9. The molecule has 0 aliphatic rings. The Balaban J connectivity index is 1.71. The lowest BCUT2D eigenvalue weighted by Crippen LogP contribution is -2.19. The summed E-state index contributed by atoms with van der Waals surface area (Å²) in [6.07, 6.45) is 0. The first-order valence-corrected chi connectivity index (χ1v) is 9.97. The highest BCUT2D eigenvalue weighted by Crippen LogP contribution is 2.22. The van der Waals surface area contributed by atoms with Crippen molar-refractivity contribution in [1.82, 2.24) is 9.78 Å². The second-order valence-corrected chi connectivity index (χ2v) is 7.94. The second kappa shape index (κ2) is 8.23. The average Bonchev–Trinajstić information content (AvgIpc) is 2.85. The van der Waals surface area contributed by atoms with Gasteiger partial charge < -0.3 is 10.6 Å². The third kappa shape index (κ3) is 4.76. The van der Waals surface area contributed by atoms with Crippen LogP contribution in [0.4, 0.5) is 11.4 Å². The highest BCUT2D eigenvalue weighted by molar-refractivity contribution is 9.10. The summed E-state index contributed by atoms with van der Waals surface area (Å²) in [6.45, 7) is 8.92. The monoisotopic (exact) mass is 442 g/mol. The molecule has 0 radical (unpaired) electrons. The number of hydrogen-bond donors (Lipinski definition) is 2. The molecule has 0 saturated carbocycles. The van der Waals surface area contributed by atoms with E-state index in [4.69, 9.17) is 12.2 Å². The van der Waals surface area contributed by atoms with E-state index in [2.05, 4.69) is 82.8 Å². The number of halogens is 1. The molecule has 6 heteroatoms. The van der Waals surface area contributed by atoms with Crippen LogP contribution in [0.25, 0.3) is 0 Å². The van der Waals surface area contributed by atoms with Crippen LogP contribution in [0.15, 0.2) is 46.9 Å². The fourth-order valence-corrected chi connectivity index (χ4v) is 3.42. The molecule has 0 fully saturated rings. The summed E-state index contributed by atoms with van der Waals surface area (Å²) in [7, 11) is 0. The molecule has 2 N–H and O–H groups in total. The number of benzene rings is 2. The van der Waals surface area contributed by atoms with Gasteiger partial charge in [0.2, 0.25) is 0 Å². The third-order valence-corrected chi connectivity index (χ3v) is 5.80. The second-order valence-electron chi connectivity index (χ2n) is 6.74. The molecule has 3 aromatic rings. The Morgan fingerprint density at radius 1 is 1.07 bits per heavy atom. The van der Waals surface area contributed by atoms with Crippen LogP contribution in [0.3, 0.4) is 0 Å². The Kier molecular flexibility index (Phi) is 5.97. The Bertz CT molecular complexity index is 994. The van der Waals surface area contributed by atoms with E-state index in [-0.39, 0.29) is 0 Å². The SMILES string of the molecule is Cc1ccc(C)c(NC(=S)Nc2cccc(Cn3nc(C)c(Br)c3C)c2)c1. The van der Waals surface area contributed by atoms with Gasteiger partial charge in [0.25, 0.3) is 0 Å². The van der Waals surface area contributed by atoms with E-state index in [1.807, 2.05) is 23.7 Å². The van der Waals surface area contributed by atoms with Gasteiger partial charge in [-0.25, -0.2) is 0 Å². The first kappa shape index (κ1) is 19.6. The summed E-state index contributed by atoms with van der Waals surface area (Å²) in [5, 5.41) is 11.7. The smallest absolute Gasteiger partial charge is 0.175 e. The summed E-state index contributed by atoms with van der Waals surface area (Å²) in [4.78, 5) is 0. The normalized spacial score (nSPS) is 10.7. The zero-order valence-corrected chi connectivity index (χ0v) is 18.3. The third-order valence-electron chi connectivity index (χ3n) is 4.45. The van der Waals surface area contributed by atoms with E-state index < -0.39 is 0 Å². The van der Waals surface area contributed by atoms with E-state index in [1.54, 1.807) is 0 Å². The van der Waals surface area contributed by atoms with Crippen LogP contribution in [0, 0.1) is 27.7 Å². The van der Waals surface area contributed by atoms with Crippen LogP contribution >= 0.6 is 28.1 Å². The quantitative estimate of drug-likeness (QED) is 0.505. The number of hydrogen-bond acceptors (Lipinski definition) is 2. The van der Waals surface area contributed by atoms with Crippen LogP contribution in [0.5, 0.6) is 0 Å². The molecular formula is C21H23BrN4S. The maximum absolute atomic E-state index is 5.49. The lowest BCUT2D eigenvalue weighted by atomic mass is 10.1. The van der Waals surface area contributed by atoms with E-state index in [0.717, 1.165) is 38.4 Å². The first-order valence-electron chi connectivity index (χ1n) is 8.77. The minimum atomic E-state index is 0.578. The molecule has 0 amide bonds. The van der Waals surface area contributed by atoms with Crippen molar-refractivity contribution in [3.05, 3.63) is 75.0 Å². The maximum Gasteiger partial charge on any atom is 0.175 e. The van der Waals surface area contributed by atoms with Crippen molar-refractivity contribution in [2.24, 2.45) is 0 Å². The van der Waals surface area contributed by atoms with Gasteiger partial charge in [0.15, 0.2) is 5.11 Å². The highest BCUT2D eigenvalue weighted by Gasteiger charge is 2.09. The predicted molar refractivity (Wildman–Crippen MR) is 121 cm³/mol. The van der Waals surface area contributed by atoms with Gasteiger partial charge in [0, 0.05) is 11.4 Å². The Morgan fingerprint density at radius 3 is 2.56 bits per heavy atom. The number of anilines is 2. The number of thiocarbonyl (C=S) groups is 1. The van der Waals surface area contributed by atoms with Gasteiger partial charge in [-0.05, 0) is 90.7 Å². The lowest BCUT2D eigenvalue weighted by Gasteiger charge is -2.14. The molecule has 1 aromatic heterocycles. The van der Waals surface area contributed by atoms with E-state index in [9.17, 15) is 0 Å². The summed E-state index contributed by atoms with van der Waals surface area (Å²) in [5.74, 6) is 0. The fourth-order valence-electron chi connectivity index (χ4n) is 2.90. The van der Waals surface area contributed by atoms with Gasteiger partial charge in [-0.2, -0.15) is 5.10 Å². The van der Waals surface area contributed by atoms with Gasteiger partial charge in [-0.15, -0.1) is 0 Å². The predicted octanol–water partition coefficient (Wildman–Crippen LogP) is 5.74.